The molecule has 1 saturated heterocycles. The summed E-state index contributed by atoms with van der Waals surface area (Å²) in [6.45, 7) is 2.04. The number of nitrogens with zero attached hydrogens (tertiary/aromatic N) is 5. The SMILES string of the molecule is Clc1ccccc1C1CN(c2cc(-c3ccccc3)nc3ncnn23)CCO1. The number of anilines is 1. The van der Waals surface area contributed by atoms with E-state index in [9.17, 15) is 0 Å². The van der Waals surface area contributed by atoms with Crippen molar-refractivity contribution in [2.45, 2.75) is 6.10 Å². The standard InChI is InChI=1S/C21H18ClN5O/c22-17-9-5-4-8-16(17)19-13-26(10-11-28-19)20-12-18(15-6-2-1-3-7-15)25-21-23-14-24-27(20)21/h1-9,12,14,19H,10-11,13H2. The summed E-state index contributed by atoms with van der Waals surface area (Å²) in [6, 6.07) is 20.0. The van der Waals surface area contributed by atoms with Crippen LogP contribution in [0.2, 0.25) is 5.02 Å². The Labute approximate surface area is 167 Å². The van der Waals surface area contributed by atoms with Gasteiger partial charge in [0.15, 0.2) is 0 Å². The Bertz CT molecular complexity index is 1110. The predicted molar refractivity (Wildman–Crippen MR) is 109 cm³/mol. The molecule has 0 amide bonds. The summed E-state index contributed by atoms with van der Waals surface area (Å²) in [4.78, 5) is 11.2. The van der Waals surface area contributed by atoms with Crippen molar-refractivity contribution >= 4 is 23.2 Å². The lowest BCUT2D eigenvalue weighted by molar-refractivity contribution is 0.0394. The highest BCUT2D eigenvalue weighted by Crippen LogP contribution is 2.31. The maximum atomic E-state index is 6.40. The van der Waals surface area contributed by atoms with E-state index in [1.807, 2.05) is 54.6 Å². The van der Waals surface area contributed by atoms with E-state index in [2.05, 4.69) is 26.0 Å². The van der Waals surface area contributed by atoms with Crippen LogP contribution in [0.15, 0.2) is 67.0 Å². The fraction of sp³-hybridized carbons (Fsp3) is 0.190. The van der Waals surface area contributed by atoms with E-state index in [1.165, 1.54) is 6.33 Å². The number of fused-ring (bicyclic) bond motifs is 1. The number of benzene rings is 2. The van der Waals surface area contributed by atoms with Gasteiger partial charge in [0.05, 0.1) is 12.3 Å². The van der Waals surface area contributed by atoms with Gasteiger partial charge in [0.2, 0.25) is 0 Å². The summed E-state index contributed by atoms with van der Waals surface area (Å²) in [5, 5.41) is 5.10. The third-order valence-corrected chi connectivity index (χ3v) is 5.29. The summed E-state index contributed by atoms with van der Waals surface area (Å²) >= 11 is 6.40. The van der Waals surface area contributed by atoms with Crippen LogP contribution in [0.25, 0.3) is 17.0 Å². The van der Waals surface area contributed by atoms with Crippen LogP contribution < -0.4 is 4.90 Å². The highest BCUT2D eigenvalue weighted by Gasteiger charge is 2.26. The molecule has 1 fully saturated rings. The normalized spacial score (nSPS) is 17.2. The number of hydrogen-bond acceptors (Lipinski definition) is 5. The molecule has 0 saturated carbocycles. The van der Waals surface area contributed by atoms with E-state index >= 15 is 0 Å². The third kappa shape index (κ3) is 3.10. The molecule has 1 unspecified atom stereocenters. The summed E-state index contributed by atoms with van der Waals surface area (Å²) < 4.78 is 7.80. The molecule has 2 aromatic heterocycles. The van der Waals surface area contributed by atoms with Crippen molar-refractivity contribution in [3.05, 3.63) is 77.6 Å². The van der Waals surface area contributed by atoms with Crippen LogP contribution in [0, 0.1) is 0 Å². The van der Waals surface area contributed by atoms with Crippen LogP contribution in [-0.2, 0) is 4.74 Å². The highest BCUT2D eigenvalue weighted by atomic mass is 35.5. The van der Waals surface area contributed by atoms with Crippen LogP contribution in [0.1, 0.15) is 11.7 Å². The van der Waals surface area contributed by atoms with Gasteiger partial charge in [-0.3, -0.25) is 0 Å². The second-order valence-corrected chi connectivity index (χ2v) is 7.07. The van der Waals surface area contributed by atoms with Crippen LogP contribution in [-0.4, -0.2) is 39.3 Å². The Morgan fingerprint density at radius 1 is 1.04 bits per heavy atom. The smallest absolute Gasteiger partial charge is 0.254 e. The zero-order valence-electron chi connectivity index (χ0n) is 15.1. The van der Waals surface area contributed by atoms with Gasteiger partial charge in [-0.1, -0.05) is 60.1 Å². The molecule has 0 radical (unpaired) electrons. The minimum Gasteiger partial charge on any atom is -0.370 e. The molecule has 0 aliphatic carbocycles. The van der Waals surface area contributed by atoms with Gasteiger partial charge in [-0.25, -0.2) is 4.98 Å². The highest BCUT2D eigenvalue weighted by molar-refractivity contribution is 6.31. The first-order chi connectivity index (χ1) is 13.8. The Balaban J connectivity index is 1.55. The predicted octanol–water partition coefficient (Wildman–Crippen LogP) is 4.02. The second kappa shape index (κ2) is 7.22. The number of aromatic nitrogens is 4. The molecular formula is C21H18ClN5O. The minimum atomic E-state index is -0.102. The van der Waals surface area contributed by atoms with Crippen LogP contribution >= 0.6 is 11.6 Å². The van der Waals surface area contributed by atoms with E-state index in [0.717, 1.165) is 34.2 Å². The lowest BCUT2D eigenvalue weighted by Crippen LogP contribution is -2.39. The van der Waals surface area contributed by atoms with Crippen molar-refractivity contribution in [3.8, 4) is 11.3 Å². The van der Waals surface area contributed by atoms with Gasteiger partial charge in [-0.15, -0.1) is 0 Å². The molecule has 1 aliphatic rings. The molecule has 0 spiro atoms. The van der Waals surface area contributed by atoms with Gasteiger partial charge in [-0.05, 0) is 6.07 Å². The Kier molecular flexibility index (Phi) is 4.43. The van der Waals surface area contributed by atoms with Crippen molar-refractivity contribution < 1.29 is 4.74 Å². The van der Waals surface area contributed by atoms with Gasteiger partial charge < -0.3 is 9.64 Å². The van der Waals surface area contributed by atoms with Crippen molar-refractivity contribution in [2.75, 3.05) is 24.6 Å². The van der Waals surface area contributed by atoms with E-state index in [0.29, 0.717) is 18.9 Å². The van der Waals surface area contributed by atoms with Gasteiger partial charge in [0.1, 0.15) is 18.2 Å². The Morgan fingerprint density at radius 2 is 1.86 bits per heavy atom. The molecule has 2 aromatic carbocycles. The number of halogens is 1. The van der Waals surface area contributed by atoms with Gasteiger partial charge in [0, 0.05) is 35.3 Å². The molecule has 5 rings (SSSR count). The van der Waals surface area contributed by atoms with Gasteiger partial charge in [-0.2, -0.15) is 14.6 Å². The quantitative estimate of drug-likeness (QED) is 0.528. The Morgan fingerprint density at radius 3 is 2.71 bits per heavy atom. The van der Waals surface area contributed by atoms with Crippen LogP contribution in [0.4, 0.5) is 5.82 Å². The first-order valence-corrected chi connectivity index (χ1v) is 9.54. The summed E-state index contributed by atoms with van der Waals surface area (Å²) in [7, 11) is 0. The van der Waals surface area contributed by atoms with Gasteiger partial charge >= 0.3 is 0 Å². The average Bonchev–Trinajstić information content (AvgIpc) is 3.23. The number of morpholine rings is 1. The monoisotopic (exact) mass is 391 g/mol. The summed E-state index contributed by atoms with van der Waals surface area (Å²) in [6.07, 6.45) is 1.43. The zero-order chi connectivity index (χ0) is 18.9. The number of hydrogen-bond donors (Lipinski definition) is 0. The molecular weight excluding hydrogens is 374 g/mol. The molecule has 1 aliphatic heterocycles. The van der Waals surface area contributed by atoms with E-state index < -0.39 is 0 Å². The second-order valence-electron chi connectivity index (χ2n) is 6.66. The molecule has 6 nitrogen and oxygen atoms in total. The van der Waals surface area contributed by atoms with Crippen molar-refractivity contribution in [3.63, 3.8) is 0 Å². The zero-order valence-corrected chi connectivity index (χ0v) is 15.8. The molecule has 4 aromatic rings. The fourth-order valence-corrected chi connectivity index (χ4v) is 3.82. The first kappa shape index (κ1) is 17.2. The lowest BCUT2D eigenvalue weighted by atomic mass is 10.1. The number of ether oxygens (including phenoxy) is 1. The first-order valence-electron chi connectivity index (χ1n) is 9.17. The molecule has 3 heterocycles. The summed E-state index contributed by atoms with van der Waals surface area (Å²) in [5.74, 6) is 1.53. The largest absolute Gasteiger partial charge is 0.370 e. The van der Waals surface area contributed by atoms with Crippen LogP contribution in [0.5, 0.6) is 0 Å². The van der Waals surface area contributed by atoms with Crippen molar-refractivity contribution in [2.24, 2.45) is 0 Å². The maximum absolute atomic E-state index is 6.40. The Hall–Kier alpha value is -2.96. The van der Waals surface area contributed by atoms with Gasteiger partial charge in [0.25, 0.3) is 5.78 Å². The third-order valence-electron chi connectivity index (χ3n) is 4.95. The van der Waals surface area contributed by atoms with E-state index in [1.54, 1.807) is 4.52 Å². The van der Waals surface area contributed by atoms with E-state index in [4.69, 9.17) is 16.3 Å². The molecule has 140 valence electrons. The lowest BCUT2D eigenvalue weighted by Gasteiger charge is -2.35. The summed E-state index contributed by atoms with van der Waals surface area (Å²) in [5.41, 5.74) is 2.92. The maximum Gasteiger partial charge on any atom is 0.254 e. The average molecular weight is 392 g/mol. The molecule has 1 atom stereocenters. The number of rotatable bonds is 3. The fourth-order valence-electron chi connectivity index (χ4n) is 3.56. The van der Waals surface area contributed by atoms with Crippen molar-refractivity contribution in [1.29, 1.82) is 0 Å². The molecule has 28 heavy (non-hydrogen) atoms. The van der Waals surface area contributed by atoms with Crippen LogP contribution in [0.3, 0.4) is 0 Å². The molecule has 7 heteroatoms. The topological polar surface area (TPSA) is 55.6 Å². The molecule has 0 bridgehead atoms. The molecule has 0 N–H and O–H groups in total. The van der Waals surface area contributed by atoms with Crippen molar-refractivity contribution in [1.82, 2.24) is 19.6 Å². The van der Waals surface area contributed by atoms with E-state index in [-0.39, 0.29) is 6.10 Å². The minimum absolute atomic E-state index is 0.102.